The van der Waals surface area contributed by atoms with Crippen molar-refractivity contribution in [1.29, 1.82) is 0 Å². The lowest BCUT2D eigenvalue weighted by molar-refractivity contribution is -0.394. The van der Waals surface area contributed by atoms with Gasteiger partial charge in [-0.25, -0.2) is 0 Å². The highest BCUT2D eigenvalue weighted by Crippen LogP contribution is 2.41. The molecule has 0 spiro atoms. The summed E-state index contributed by atoms with van der Waals surface area (Å²) in [4.78, 5) is 46.0. The third-order valence-electron chi connectivity index (χ3n) is 3.90. The molecule has 2 aliphatic rings. The monoisotopic (exact) mass is 374 g/mol. The van der Waals surface area contributed by atoms with E-state index < -0.39 is 54.1 Å². The van der Waals surface area contributed by atoms with Gasteiger partial charge in [0.1, 0.15) is 12.7 Å². The Morgan fingerprint density at radius 1 is 0.885 bits per heavy atom. The molecule has 10 heteroatoms. The number of hydrogen-bond acceptors (Lipinski definition) is 10. The largest absolute Gasteiger partial charge is 0.460 e. The summed E-state index contributed by atoms with van der Waals surface area (Å²) in [7, 11) is 0. The molecule has 0 aromatic carbocycles. The van der Waals surface area contributed by atoms with E-state index in [1.807, 2.05) is 0 Å². The van der Waals surface area contributed by atoms with Crippen molar-refractivity contribution >= 4 is 23.9 Å². The summed E-state index contributed by atoms with van der Waals surface area (Å²) in [6, 6.07) is 0. The smallest absolute Gasteiger partial charge is 0.303 e. The summed E-state index contributed by atoms with van der Waals surface area (Å²) >= 11 is 0. The summed E-state index contributed by atoms with van der Waals surface area (Å²) < 4.78 is 32.4. The standard InChI is InChI=1S/C16H22O10/c1-8(17)21-7-16-15(25-11(4)20)14(24-10(3)19)13(23-9(2)18)12(26-16)5-6-22-16/h12-15H,5-7H2,1-4H3/t12-,13-,14-,15+,16-/m1/s1. The second kappa shape index (κ2) is 8.00. The molecule has 0 saturated carbocycles. The van der Waals surface area contributed by atoms with Gasteiger partial charge >= 0.3 is 23.9 Å². The first-order valence-electron chi connectivity index (χ1n) is 8.11. The highest BCUT2D eigenvalue weighted by molar-refractivity contribution is 5.68. The van der Waals surface area contributed by atoms with Gasteiger partial charge in [-0.3, -0.25) is 19.2 Å². The minimum Gasteiger partial charge on any atom is -0.460 e. The highest BCUT2D eigenvalue weighted by Gasteiger charge is 2.63. The molecule has 0 amide bonds. The molecule has 2 rings (SSSR count). The molecule has 2 heterocycles. The Labute approximate surface area is 150 Å². The van der Waals surface area contributed by atoms with Crippen molar-refractivity contribution in [2.45, 2.75) is 64.3 Å². The van der Waals surface area contributed by atoms with Crippen LogP contribution in [0.3, 0.4) is 0 Å². The van der Waals surface area contributed by atoms with Crippen molar-refractivity contribution in [1.82, 2.24) is 0 Å². The van der Waals surface area contributed by atoms with E-state index in [0.29, 0.717) is 6.42 Å². The predicted molar refractivity (Wildman–Crippen MR) is 81.5 cm³/mol. The minimum atomic E-state index is -1.67. The normalized spacial score (nSPS) is 32.9. The number of carbonyl (C=O) groups is 4. The molecule has 0 aliphatic carbocycles. The van der Waals surface area contributed by atoms with Crippen LogP contribution in [0.4, 0.5) is 0 Å². The molecular weight excluding hydrogens is 352 g/mol. The van der Waals surface area contributed by atoms with E-state index in [2.05, 4.69) is 0 Å². The van der Waals surface area contributed by atoms with Crippen LogP contribution in [-0.4, -0.2) is 67.3 Å². The van der Waals surface area contributed by atoms with Gasteiger partial charge in [0.2, 0.25) is 5.79 Å². The van der Waals surface area contributed by atoms with Gasteiger partial charge in [-0.15, -0.1) is 0 Å². The number of ether oxygens (including phenoxy) is 6. The lowest BCUT2D eigenvalue weighted by Crippen LogP contribution is -2.71. The molecule has 0 N–H and O–H groups in total. The number of esters is 4. The van der Waals surface area contributed by atoms with Crippen LogP contribution in [0.2, 0.25) is 0 Å². The van der Waals surface area contributed by atoms with Gasteiger partial charge in [0.05, 0.1) is 6.61 Å². The van der Waals surface area contributed by atoms with Crippen LogP contribution in [0.25, 0.3) is 0 Å². The van der Waals surface area contributed by atoms with Crippen LogP contribution in [0, 0.1) is 0 Å². The highest BCUT2D eigenvalue weighted by atomic mass is 16.8. The van der Waals surface area contributed by atoms with Crippen LogP contribution >= 0.6 is 0 Å². The van der Waals surface area contributed by atoms with Gasteiger partial charge in [0, 0.05) is 34.1 Å². The SMILES string of the molecule is CC(=O)OC[C@@]12OCC[C@@H](O1)[C@@H](OC(C)=O)[C@@H](OC(C)=O)[C@@H]2OC(C)=O. The van der Waals surface area contributed by atoms with Crippen molar-refractivity contribution in [3.8, 4) is 0 Å². The van der Waals surface area contributed by atoms with Crippen molar-refractivity contribution in [2.24, 2.45) is 0 Å². The fourth-order valence-corrected chi connectivity index (χ4v) is 3.06. The molecule has 0 aromatic heterocycles. The molecular formula is C16H22O10. The first-order chi connectivity index (χ1) is 12.1. The maximum absolute atomic E-state index is 11.6. The second-order valence-electron chi connectivity index (χ2n) is 6.06. The zero-order valence-electron chi connectivity index (χ0n) is 15.0. The van der Waals surface area contributed by atoms with E-state index in [4.69, 9.17) is 28.4 Å². The van der Waals surface area contributed by atoms with Gasteiger partial charge in [0.25, 0.3) is 0 Å². The van der Waals surface area contributed by atoms with Gasteiger partial charge in [-0.2, -0.15) is 0 Å². The molecule has 0 aromatic rings. The summed E-state index contributed by atoms with van der Waals surface area (Å²) in [5.41, 5.74) is 0. The molecule has 0 unspecified atom stereocenters. The topological polar surface area (TPSA) is 124 Å². The first kappa shape index (κ1) is 20.1. The predicted octanol–water partition coefficient (Wildman–Crippen LogP) is -0.140. The lowest BCUT2D eigenvalue weighted by atomic mass is 9.88. The Hall–Kier alpha value is -2.20. The maximum atomic E-state index is 11.6. The quantitative estimate of drug-likeness (QED) is 0.474. The molecule has 2 fully saturated rings. The third kappa shape index (κ3) is 4.50. The Kier molecular flexibility index (Phi) is 6.19. The fourth-order valence-electron chi connectivity index (χ4n) is 3.06. The Morgan fingerprint density at radius 3 is 2.00 bits per heavy atom. The summed E-state index contributed by atoms with van der Waals surface area (Å²) in [6.45, 7) is 4.51. The molecule has 2 aliphatic heterocycles. The van der Waals surface area contributed by atoms with Crippen LogP contribution < -0.4 is 0 Å². The molecule has 10 nitrogen and oxygen atoms in total. The average molecular weight is 374 g/mol. The Morgan fingerprint density at radius 2 is 1.46 bits per heavy atom. The molecule has 146 valence electrons. The van der Waals surface area contributed by atoms with Crippen LogP contribution in [0.15, 0.2) is 0 Å². The van der Waals surface area contributed by atoms with Crippen molar-refractivity contribution in [3.63, 3.8) is 0 Å². The van der Waals surface area contributed by atoms with Crippen molar-refractivity contribution in [3.05, 3.63) is 0 Å². The van der Waals surface area contributed by atoms with Gasteiger partial charge < -0.3 is 28.4 Å². The van der Waals surface area contributed by atoms with Gasteiger partial charge in [0.15, 0.2) is 18.3 Å². The van der Waals surface area contributed by atoms with E-state index in [0.717, 1.165) is 6.92 Å². The Bertz CT molecular complexity index is 588. The van der Waals surface area contributed by atoms with E-state index in [-0.39, 0.29) is 13.2 Å². The molecule has 2 saturated heterocycles. The number of fused-ring (bicyclic) bond motifs is 2. The van der Waals surface area contributed by atoms with Crippen molar-refractivity contribution < 1.29 is 47.6 Å². The molecule has 2 bridgehead atoms. The van der Waals surface area contributed by atoms with E-state index >= 15 is 0 Å². The maximum Gasteiger partial charge on any atom is 0.303 e. The summed E-state index contributed by atoms with van der Waals surface area (Å²) in [6.07, 6.45) is -3.85. The minimum absolute atomic E-state index is 0.175. The zero-order chi connectivity index (χ0) is 19.5. The third-order valence-corrected chi connectivity index (χ3v) is 3.90. The van der Waals surface area contributed by atoms with Gasteiger partial charge in [-0.1, -0.05) is 0 Å². The van der Waals surface area contributed by atoms with Crippen LogP contribution in [0.1, 0.15) is 34.1 Å². The molecule has 5 atom stereocenters. The number of rotatable bonds is 5. The Balaban J connectivity index is 2.43. The molecule has 26 heavy (non-hydrogen) atoms. The van der Waals surface area contributed by atoms with E-state index in [1.54, 1.807) is 0 Å². The average Bonchev–Trinajstić information content (AvgIpc) is 2.52. The zero-order valence-corrected chi connectivity index (χ0v) is 15.0. The van der Waals surface area contributed by atoms with Gasteiger partial charge in [-0.05, 0) is 0 Å². The lowest BCUT2D eigenvalue weighted by Gasteiger charge is -2.53. The molecule has 0 radical (unpaired) electrons. The van der Waals surface area contributed by atoms with E-state index in [9.17, 15) is 19.2 Å². The summed E-state index contributed by atoms with van der Waals surface area (Å²) in [5, 5.41) is 0. The first-order valence-corrected chi connectivity index (χ1v) is 8.11. The van der Waals surface area contributed by atoms with Crippen LogP contribution in [-0.2, 0) is 47.6 Å². The number of carbonyl (C=O) groups excluding carboxylic acids is 4. The fraction of sp³-hybridized carbons (Fsp3) is 0.750. The second-order valence-corrected chi connectivity index (χ2v) is 6.06. The number of hydrogen-bond donors (Lipinski definition) is 0. The van der Waals surface area contributed by atoms with E-state index in [1.165, 1.54) is 20.8 Å². The van der Waals surface area contributed by atoms with Crippen LogP contribution in [0.5, 0.6) is 0 Å². The van der Waals surface area contributed by atoms with Crippen molar-refractivity contribution in [2.75, 3.05) is 13.2 Å². The summed E-state index contributed by atoms with van der Waals surface area (Å²) in [5.74, 6) is -4.26.